The summed E-state index contributed by atoms with van der Waals surface area (Å²) < 4.78 is 28.1. The maximum Gasteiger partial charge on any atom is 0.306 e. The zero-order valence-electron chi connectivity index (χ0n) is 14.6. The number of benzene rings is 2. The monoisotopic (exact) mass is 361 g/mol. The van der Waals surface area contributed by atoms with Crippen LogP contribution >= 0.6 is 0 Å². The highest BCUT2D eigenvalue weighted by Crippen LogP contribution is 2.23. The standard InChI is InChI=1S/C19H20FNO5/c1-24-16-9-13(10-17(11-16)25-2)3-8-19(23)26-12-18(22)21-15-6-4-14(20)5-7-15/h4-7,9-11H,3,8,12H2,1-2H3,(H,21,22). The topological polar surface area (TPSA) is 73.9 Å². The molecule has 2 rings (SSSR count). The van der Waals surface area contributed by atoms with Crippen molar-refractivity contribution in [1.29, 1.82) is 0 Å². The average molecular weight is 361 g/mol. The summed E-state index contributed by atoms with van der Waals surface area (Å²) in [5.41, 5.74) is 1.28. The molecule has 0 aliphatic rings. The van der Waals surface area contributed by atoms with E-state index in [1.807, 2.05) is 0 Å². The van der Waals surface area contributed by atoms with Crippen LogP contribution in [0.4, 0.5) is 10.1 Å². The minimum atomic E-state index is -0.499. The number of aryl methyl sites for hydroxylation is 1. The fourth-order valence-corrected chi connectivity index (χ4v) is 2.21. The molecule has 0 saturated heterocycles. The molecule has 0 aliphatic heterocycles. The van der Waals surface area contributed by atoms with Gasteiger partial charge in [0.05, 0.1) is 14.2 Å². The van der Waals surface area contributed by atoms with Crippen LogP contribution < -0.4 is 14.8 Å². The van der Waals surface area contributed by atoms with Gasteiger partial charge in [0.2, 0.25) is 0 Å². The summed E-state index contributed by atoms with van der Waals surface area (Å²) in [6.07, 6.45) is 0.534. The number of hydrogen-bond acceptors (Lipinski definition) is 5. The van der Waals surface area contributed by atoms with Crippen LogP contribution in [0.1, 0.15) is 12.0 Å². The van der Waals surface area contributed by atoms with Gasteiger partial charge in [0.1, 0.15) is 17.3 Å². The van der Waals surface area contributed by atoms with Gasteiger partial charge in [-0.1, -0.05) is 0 Å². The lowest BCUT2D eigenvalue weighted by atomic mass is 10.1. The molecule has 2 aromatic carbocycles. The maximum atomic E-state index is 12.8. The van der Waals surface area contributed by atoms with Gasteiger partial charge in [0, 0.05) is 18.2 Å². The lowest BCUT2D eigenvalue weighted by molar-refractivity contribution is -0.147. The number of ether oxygens (including phenoxy) is 3. The third kappa shape index (κ3) is 6.08. The molecule has 138 valence electrons. The van der Waals surface area contributed by atoms with Gasteiger partial charge in [-0.05, 0) is 48.4 Å². The molecule has 26 heavy (non-hydrogen) atoms. The van der Waals surface area contributed by atoms with Crippen molar-refractivity contribution in [2.24, 2.45) is 0 Å². The number of amides is 1. The highest BCUT2D eigenvalue weighted by atomic mass is 19.1. The summed E-state index contributed by atoms with van der Waals surface area (Å²) in [5, 5.41) is 2.51. The number of esters is 1. The predicted octanol–water partition coefficient (Wildman–Crippen LogP) is 2.96. The first-order valence-electron chi connectivity index (χ1n) is 7.93. The molecule has 0 bridgehead atoms. The van der Waals surface area contributed by atoms with Crippen LogP contribution in [0.3, 0.4) is 0 Å². The van der Waals surface area contributed by atoms with Gasteiger partial charge >= 0.3 is 5.97 Å². The highest BCUT2D eigenvalue weighted by molar-refractivity contribution is 5.92. The van der Waals surface area contributed by atoms with E-state index in [0.717, 1.165) is 5.56 Å². The van der Waals surface area contributed by atoms with Crippen molar-refractivity contribution in [3.8, 4) is 11.5 Å². The van der Waals surface area contributed by atoms with Crippen molar-refractivity contribution in [2.45, 2.75) is 12.8 Å². The van der Waals surface area contributed by atoms with E-state index in [-0.39, 0.29) is 6.42 Å². The minimum absolute atomic E-state index is 0.111. The third-order valence-corrected chi connectivity index (χ3v) is 3.52. The Labute approximate surface area is 150 Å². The number of nitrogens with one attached hydrogen (secondary N) is 1. The summed E-state index contributed by atoms with van der Waals surface area (Å²) >= 11 is 0. The molecule has 0 aliphatic carbocycles. The maximum absolute atomic E-state index is 12.8. The summed E-state index contributed by atoms with van der Waals surface area (Å²) in [6.45, 7) is -0.405. The van der Waals surface area contributed by atoms with Crippen molar-refractivity contribution >= 4 is 17.6 Å². The Morgan fingerprint density at radius 1 is 1.00 bits per heavy atom. The first kappa shape index (κ1) is 19.2. The Balaban J connectivity index is 1.78. The average Bonchev–Trinajstić information content (AvgIpc) is 2.66. The van der Waals surface area contributed by atoms with Crippen LogP contribution in [0.2, 0.25) is 0 Å². The second-order valence-corrected chi connectivity index (χ2v) is 5.44. The van der Waals surface area contributed by atoms with Crippen molar-refractivity contribution in [3.63, 3.8) is 0 Å². The molecule has 0 fully saturated rings. The Morgan fingerprint density at radius 3 is 2.19 bits per heavy atom. The molecule has 1 N–H and O–H groups in total. The summed E-state index contributed by atoms with van der Waals surface area (Å²) in [4.78, 5) is 23.5. The highest BCUT2D eigenvalue weighted by Gasteiger charge is 2.10. The molecule has 1 amide bonds. The molecule has 0 aromatic heterocycles. The number of carbonyl (C=O) groups excluding carboxylic acids is 2. The van der Waals surface area contributed by atoms with Crippen molar-refractivity contribution in [3.05, 3.63) is 53.8 Å². The van der Waals surface area contributed by atoms with E-state index in [1.165, 1.54) is 24.3 Å². The Hall–Kier alpha value is -3.09. The third-order valence-electron chi connectivity index (χ3n) is 3.52. The van der Waals surface area contributed by atoms with Gasteiger partial charge in [-0.2, -0.15) is 0 Å². The lowest BCUT2D eigenvalue weighted by Gasteiger charge is -2.09. The van der Waals surface area contributed by atoms with Crippen molar-refractivity contribution in [2.75, 3.05) is 26.1 Å². The van der Waals surface area contributed by atoms with E-state index in [9.17, 15) is 14.0 Å². The molecular weight excluding hydrogens is 341 g/mol. The second-order valence-electron chi connectivity index (χ2n) is 5.44. The Bertz CT molecular complexity index is 739. The summed E-state index contributed by atoms with van der Waals surface area (Å²) in [5.74, 6) is -0.129. The fourth-order valence-electron chi connectivity index (χ4n) is 2.21. The number of carbonyl (C=O) groups is 2. The lowest BCUT2D eigenvalue weighted by Crippen LogP contribution is -2.21. The molecule has 7 heteroatoms. The van der Waals surface area contributed by atoms with E-state index in [2.05, 4.69) is 5.32 Å². The fraction of sp³-hybridized carbons (Fsp3) is 0.263. The molecule has 0 saturated carbocycles. The molecule has 0 atom stereocenters. The first-order valence-corrected chi connectivity index (χ1v) is 7.93. The second kappa shape index (κ2) is 9.41. The number of halogens is 1. The van der Waals surface area contributed by atoms with Gasteiger partial charge in [-0.25, -0.2) is 4.39 Å². The zero-order chi connectivity index (χ0) is 18.9. The summed E-state index contributed by atoms with van der Waals surface area (Å²) in [6, 6.07) is 10.6. The molecule has 6 nitrogen and oxygen atoms in total. The largest absolute Gasteiger partial charge is 0.497 e. The molecule has 0 unspecified atom stereocenters. The molecular formula is C19H20FNO5. The number of anilines is 1. The quantitative estimate of drug-likeness (QED) is 0.732. The minimum Gasteiger partial charge on any atom is -0.497 e. The van der Waals surface area contributed by atoms with Gasteiger partial charge in [-0.3, -0.25) is 9.59 Å². The van der Waals surface area contributed by atoms with Gasteiger partial charge in [0.15, 0.2) is 6.61 Å². The number of methoxy groups -OCH3 is 2. The predicted molar refractivity (Wildman–Crippen MR) is 93.9 cm³/mol. The molecule has 0 radical (unpaired) electrons. The SMILES string of the molecule is COc1cc(CCC(=O)OCC(=O)Nc2ccc(F)cc2)cc(OC)c1. The van der Waals surface area contributed by atoms with E-state index < -0.39 is 24.3 Å². The van der Waals surface area contributed by atoms with E-state index in [4.69, 9.17) is 14.2 Å². The van der Waals surface area contributed by atoms with Crippen molar-refractivity contribution < 1.29 is 28.2 Å². The normalized spacial score (nSPS) is 10.1. The first-order chi connectivity index (χ1) is 12.5. The van der Waals surface area contributed by atoms with Crippen molar-refractivity contribution in [1.82, 2.24) is 0 Å². The van der Waals surface area contributed by atoms with Crippen LogP contribution in [-0.4, -0.2) is 32.7 Å². The molecule has 0 spiro atoms. The van der Waals surface area contributed by atoms with E-state index in [1.54, 1.807) is 32.4 Å². The van der Waals surface area contributed by atoms with Gasteiger partial charge in [0.25, 0.3) is 5.91 Å². The summed E-state index contributed by atoms with van der Waals surface area (Å²) in [7, 11) is 3.10. The zero-order valence-corrected chi connectivity index (χ0v) is 14.6. The van der Waals surface area contributed by atoms with Gasteiger partial charge < -0.3 is 19.5 Å². The van der Waals surface area contributed by atoms with Crippen LogP contribution in [0, 0.1) is 5.82 Å². The van der Waals surface area contributed by atoms with E-state index >= 15 is 0 Å². The number of hydrogen-bond donors (Lipinski definition) is 1. The molecule has 2 aromatic rings. The Morgan fingerprint density at radius 2 is 1.62 bits per heavy atom. The smallest absolute Gasteiger partial charge is 0.306 e. The van der Waals surface area contributed by atoms with Crippen LogP contribution in [0.25, 0.3) is 0 Å². The van der Waals surface area contributed by atoms with Crippen LogP contribution in [0.15, 0.2) is 42.5 Å². The van der Waals surface area contributed by atoms with Gasteiger partial charge in [-0.15, -0.1) is 0 Å². The molecule has 0 heterocycles. The number of rotatable bonds is 8. The van der Waals surface area contributed by atoms with E-state index in [0.29, 0.717) is 23.6 Å². The van der Waals surface area contributed by atoms with Crippen LogP contribution in [0.5, 0.6) is 11.5 Å². The Kier molecular flexibility index (Phi) is 6.96. The van der Waals surface area contributed by atoms with Crippen LogP contribution in [-0.2, 0) is 20.7 Å².